The van der Waals surface area contributed by atoms with E-state index in [2.05, 4.69) is 17.1 Å². The summed E-state index contributed by atoms with van der Waals surface area (Å²) >= 11 is 9.03. The van der Waals surface area contributed by atoms with Crippen LogP contribution in [0.25, 0.3) is 0 Å². The van der Waals surface area contributed by atoms with E-state index in [1.165, 1.54) is 15.3 Å². The summed E-state index contributed by atoms with van der Waals surface area (Å²) in [6.45, 7) is 0. The summed E-state index contributed by atoms with van der Waals surface area (Å²) in [5, 5.41) is 1.43. The van der Waals surface area contributed by atoms with Gasteiger partial charge in [-0.05, 0) is 66.2 Å². The number of rotatable bonds is 3. The van der Waals surface area contributed by atoms with Crippen molar-refractivity contribution in [3.05, 3.63) is 69.0 Å². The van der Waals surface area contributed by atoms with Crippen molar-refractivity contribution in [2.75, 3.05) is 12.0 Å². The number of anilines is 1. The average molecular weight is 507 g/mol. The van der Waals surface area contributed by atoms with Gasteiger partial charge in [0.2, 0.25) is 11.8 Å². The summed E-state index contributed by atoms with van der Waals surface area (Å²) < 4.78 is 6.17. The number of thiazole rings is 1. The summed E-state index contributed by atoms with van der Waals surface area (Å²) in [4.78, 5) is 33.4. The van der Waals surface area contributed by atoms with Gasteiger partial charge in [0.25, 0.3) is 0 Å². The molecule has 2 saturated carbocycles. The van der Waals surface area contributed by atoms with Gasteiger partial charge in [-0.2, -0.15) is 0 Å². The molecule has 3 fully saturated rings. The second-order valence-corrected chi connectivity index (χ2v) is 12.5. The minimum absolute atomic E-state index is 0.0156. The molecule has 2 amide bonds. The standard InChI is InChI=1S/C26H22N2O3S3/c1-31-14-9-7-12(8-10-14)17-18-15-11-16(21(18)33-23-22(17)34-26(32)27-23)20-19(15)24(29)28(25(20)30)13-5-3-2-4-6-13/h2-10,15-21H,11H2,1H3,(H,27,32). The molecule has 7 atom stereocenters. The number of para-hydroxylation sites is 1. The number of ether oxygens (including phenoxy) is 1. The Kier molecular flexibility index (Phi) is 4.64. The van der Waals surface area contributed by atoms with E-state index in [0.29, 0.717) is 16.9 Å². The Morgan fingerprint density at radius 2 is 1.71 bits per heavy atom. The fourth-order valence-corrected chi connectivity index (χ4v) is 10.4. The molecule has 1 aromatic heterocycles. The lowest BCUT2D eigenvalue weighted by atomic mass is 9.68. The van der Waals surface area contributed by atoms with Crippen LogP contribution in [0.2, 0.25) is 0 Å². The van der Waals surface area contributed by atoms with Crippen molar-refractivity contribution >= 4 is 52.8 Å². The van der Waals surface area contributed by atoms with Gasteiger partial charge in [-0.3, -0.25) is 14.5 Å². The highest BCUT2D eigenvalue weighted by Gasteiger charge is 2.69. The fourth-order valence-electron chi connectivity index (χ4n) is 7.03. The highest BCUT2D eigenvalue weighted by atomic mass is 32.2. The molecule has 2 bridgehead atoms. The van der Waals surface area contributed by atoms with Gasteiger partial charge in [-0.25, -0.2) is 0 Å². The number of methoxy groups -OCH3 is 1. The van der Waals surface area contributed by atoms with Crippen molar-refractivity contribution in [3.63, 3.8) is 0 Å². The molecule has 0 radical (unpaired) electrons. The predicted octanol–water partition coefficient (Wildman–Crippen LogP) is 5.49. The molecular formula is C26H22N2O3S3. The Morgan fingerprint density at radius 3 is 2.41 bits per heavy atom. The van der Waals surface area contributed by atoms with Gasteiger partial charge in [0.15, 0.2) is 3.95 Å². The molecule has 2 aliphatic heterocycles. The number of aromatic amines is 1. The number of hydrogen-bond donors (Lipinski definition) is 1. The number of nitrogens with one attached hydrogen (secondary N) is 1. The monoisotopic (exact) mass is 506 g/mol. The lowest BCUT2D eigenvalue weighted by molar-refractivity contribution is -0.123. The van der Waals surface area contributed by atoms with Crippen molar-refractivity contribution in [1.29, 1.82) is 0 Å². The number of amides is 2. The van der Waals surface area contributed by atoms with Crippen LogP contribution >= 0.6 is 35.3 Å². The number of benzene rings is 2. The van der Waals surface area contributed by atoms with Gasteiger partial charge in [0.05, 0.1) is 29.7 Å². The van der Waals surface area contributed by atoms with Gasteiger partial charge >= 0.3 is 0 Å². The lowest BCUT2D eigenvalue weighted by Gasteiger charge is -2.43. The van der Waals surface area contributed by atoms with E-state index in [-0.39, 0.29) is 41.4 Å². The number of carbonyl (C=O) groups is 2. The molecule has 0 spiro atoms. The first-order chi connectivity index (χ1) is 16.6. The zero-order valence-electron chi connectivity index (χ0n) is 18.3. The van der Waals surface area contributed by atoms with Crippen LogP contribution in [0.5, 0.6) is 5.75 Å². The van der Waals surface area contributed by atoms with Crippen LogP contribution in [-0.2, 0) is 9.59 Å². The summed E-state index contributed by atoms with van der Waals surface area (Å²) in [6.07, 6.45) is 0.945. The predicted molar refractivity (Wildman–Crippen MR) is 135 cm³/mol. The SMILES string of the molecule is COc1ccc(C2c3sc(=S)[nH]c3SC3C4CC(C5C(=O)N(c6ccccc6)C(=O)C45)C23)cc1. The maximum Gasteiger partial charge on any atom is 0.238 e. The Morgan fingerprint density at radius 1 is 1.00 bits per heavy atom. The molecule has 1 N–H and O–H groups in total. The van der Waals surface area contributed by atoms with E-state index in [0.717, 1.165) is 21.2 Å². The lowest BCUT2D eigenvalue weighted by Crippen LogP contribution is -2.42. The number of thioether (sulfide) groups is 1. The zero-order valence-corrected chi connectivity index (χ0v) is 20.8. The molecule has 2 aromatic carbocycles. The maximum atomic E-state index is 13.7. The number of carbonyl (C=O) groups excluding carboxylic acids is 2. The van der Waals surface area contributed by atoms with Crippen LogP contribution in [0.3, 0.4) is 0 Å². The molecule has 34 heavy (non-hydrogen) atoms. The molecule has 8 heteroatoms. The summed E-state index contributed by atoms with van der Waals surface area (Å²) in [5.41, 5.74) is 1.92. The van der Waals surface area contributed by atoms with E-state index in [1.807, 2.05) is 54.2 Å². The number of H-pyrrole nitrogens is 1. The van der Waals surface area contributed by atoms with Crippen LogP contribution in [0, 0.1) is 33.5 Å². The van der Waals surface area contributed by atoms with Crippen molar-refractivity contribution in [2.45, 2.75) is 22.6 Å². The largest absolute Gasteiger partial charge is 0.497 e. The average Bonchev–Trinajstić information content (AvgIpc) is 3.58. The van der Waals surface area contributed by atoms with Crippen LogP contribution in [0.1, 0.15) is 22.8 Å². The van der Waals surface area contributed by atoms with Gasteiger partial charge in [-0.15, -0.1) is 23.1 Å². The van der Waals surface area contributed by atoms with E-state index in [9.17, 15) is 9.59 Å². The van der Waals surface area contributed by atoms with Crippen LogP contribution in [0.4, 0.5) is 5.69 Å². The van der Waals surface area contributed by atoms with Crippen LogP contribution in [-0.4, -0.2) is 29.2 Å². The summed E-state index contributed by atoms with van der Waals surface area (Å²) in [7, 11) is 1.68. The Balaban J connectivity index is 1.33. The summed E-state index contributed by atoms with van der Waals surface area (Å²) in [5.74, 6) is 1.20. The van der Waals surface area contributed by atoms with Gasteiger partial charge in [0.1, 0.15) is 5.75 Å². The Hall–Kier alpha value is -2.42. The first-order valence-corrected chi connectivity index (χ1v) is 13.6. The molecule has 7 rings (SSSR count). The normalized spacial score (nSPS) is 33.1. The molecule has 5 nitrogen and oxygen atoms in total. The van der Waals surface area contributed by atoms with Crippen molar-refractivity contribution in [1.82, 2.24) is 4.98 Å². The van der Waals surface area contributed by atoms with Gasteiger partial charge < -0.3 is 9.72 Å². The third-order valence-electron chi connectivity index (χ3n) is 8.21. The maximum absolute atomic E-state index is 13.7. The number of aromatic nitrogens is 1. The molecule has 4 aliphatic rings. The van der Waals surface area contributed by atoms with Crippen molar-refractivity contribution in [3.8, 4) is 5.75 Å². The minimum atomic E-state index is -0.228. The Labute approximate surface area is 210 Å². The minimum Gasteiger partial charge on any atom is -0.497 e. The molecule has 2 aliphatic carbocycles. The third kappa shape index (κ3) is 2.76. The first-order valence-electron chi connectivity index (χ1n) is 11.5. The number of nitrogens with zero attached hydrogens (tertiary/aromatic N) is 1. The molecule has 3 aromatic rings. The van der Waals surface area contributed by atoms with E-state index < -0.39 is 0 Å². The van der Waals surface area contributed by atoms with Crippen LogP contribution in [0.15, 0.2) is 59.6 Å². The summed E-state index contributed by atoms with van der Waals surface area (Å²) in [6, 6.07) is 17.7. The molecule has 7 unspecified atom stereocenters. The second kappa shape index (κ2) is 7.54. The topological polar surface area (TPSA) is 62.4 Å². The molecule has 1 saturated heterocycles. The fraction of sp³-hybridized carbons (Fsp3) is 0.346. The zero-order chi connectivity index (χ0) is 23.1. The number of imide groups is 1. The van der Waals surface area contributed by atoms with Crippen molar-refractivity contribution < 1.29 is 14.3 Å². The highest BCUT2D eigenvalue weighted by Crippen LogP contribution is 2.69. The van der Waals surface area contributed by atoms with E-state index >= 15 is 0 Å². The molecule has 172 valence electrons. The van der Waals surface area contributed by atoms with Crippen LogP contribution < -0.4 is 9.64 Å². The number of hydrogen-bond acceptors (Lipinski definition) is 6. The quantitative estimate of drug-likeness (QED) is 0.376. The second-order valence-electron chi connectivity index (χ2n) is 9.58. The number of fused-ring (bicyclic) bond motifs is 9. The Bertz CT molecular complexity index is 1370. The highest BCUT2D eigenvalue weighted by molar-refractivity contribution is 8.00. The van der Waals surface area contributed by atoms with Crippen molar-refractivity contribution in [2.24, 2.45) is 29.6 Å². The third-order valence-corrected chi connectivity index (χ3v) is 11.2. The molecular weight excluding hydrogens is 484 g/mol. The molecule has 3 heterocycles. The van der Waals surface area contributed by atoms with Gasteiger partial charge in [-0.1, -0.05) is 30.3 Å². The van der Waals surface area contributed by atoms with E-state index in [4.69, 9.17) is 17.0 Å². The first kappa shape index (κ1) is 20.9. The smallest absolute Gasteiger partial charge is 0.238 e. The van der Waals surface area contributed by atoms with Gasteiger partial charge in [0, 0.05) is 16.0 Å². The van der Waals surface area contributed by atoms with E-state index in [1.54, 1.807) is 18.4 Å².